The molecule has 0 saturated heterocycles. The van der Waals surface area contributed by atoms with Crippen LogP contribution in [0.4, 0.5) is 17.1 Å². The Kier molecular flexibility index (Phi) is 7.82. The van der Waals surface area contributed by atoms with E-state index in [1.807, 2.05) is 0 Å². The maximum Gasteiger partial charge on any atom is 0.0713 e. The second-order valence-corrected chi connectivity index (χ2v) is 13.8. The largest absolute Gasteiger partial charge is 0.310 e. The van der Waals surface area contributed by atoms with Crippen LogP contribution in [0.25, 0.3) is 27.8 Å². The van der Waals surface area contributed by atoms with Crippen LogP contribution >= 0.6 is 0 Å². The number of para-hydroxylation sites is 1. The van der Waals surface area contributed by atoms with Crippen LogP contribution in [-0.4, -0.2) is 0 Å². The van der Waals surface area contributed by atoms with Crippen LogP contribution in [0.15, 0.2) is 200 Å². The standard InChI is InChI=1S/C50H39N/c1-36-14-12-15-39(34-36)38-28-32-44(33-29-38)51(43-19-6-3-7-20-43)45-21-13-16-40(35-45)37-26-30-42(31-27-37)50(41-17-4-2-5-18-41)48-24-10-8-22-46(48)47-23-9-11-25-49(47)50/h2-33,35-36H,34H2,1H3. The van der Waals surface area contributed by atoms with Gasteiger partial charge in [-0.05, 0) is 104 Å². The van der Waals surface area contributed by atoms with Gasteiger partial charge in [0.2, 0.25) is 0 Å². The van der Waals surface area contributed by atoms with Crippen LogP contribution in [0.2, 0.25) is 0 Å². The summed E-state index contributed by atoms with van der Waals surface area (Å²) in [6.07, 6.45) is 7.80. The fraction of sp³-hybridized carbons (Fsp3) is 0.0800. The lowest BCUT2D eigenvalue weighted by molar-refractivity contribution is 0.749. The van der Waals surface area contributed by atoms with Crippen LogP contribution < -0.4 is 4.90 Å². The van der Waals surface area contributed by atoms with Crippen molar-refractivity contribution in [1.82, 2.24) is 0 Å². The SMILES string of the molecule is CC1C=CC=C(c2ccc(N(c3ccccc3)c3cccc(-c4ccc(C5(c6ccccc6)c6ccccc6-c6ccccc65)cc4)c3)cc2)C1. The van der Waals surface area contributed by atoms with E-state index in [9.17, 15) is 0 Å². The van der Waals surface area contributed by atoms with Gasteiger partial charge in [0.1, 0.15) is 0 Å². The van der Waals surface area contributed by atoms with Crippen LogP contribution in [0.3, 0.4) is 0 Å². The van der Waals surface area contributed by atoms with Gasteiger partial charge >= 0.3 is 0 Å². The molecule has 2 aliphatic rings. The van der Waals surface area contributed by atoms with Crippen LogP contribution in [-0.2, 0) is 5.41 Å². The molecule has 244 valence electrons. The first-order chi connectivity index (χ1) is 25.2. The topological polar surface area (TPSA) is 3.24 Å². The van der Waals surface area contributed by atoms with Crippen molar-refractivity contribution < 1.29 is 0 Å². The van der Waals surface area contributed by atoms with Crippen molar-refractivity contribution in [2.45, 2.75) is 18.8 Å². The maximum absolute atomic E-state index is 2.36. The summed E-state index contributed by atoms with van der Waals surface area (Å²) in [4.78, 5) is 2.36. The van der Waals surface area contributed by atoms with E-state index in [0.29, 0.717) is 5.92 Å². The lowest BCUT2D eigenvalue weighted by Crippen LogP contribution is -2.28. The van der Waals surface area contributed by atoms with E-state index in [1.54, 1.807) is 0 Å². The summed E-state index contributed by atoms with van der Waals surface area (Å²) >= 11 is 0. The molecule has 1 atom stereocenters. The molecular weight excluding hydrogens is 615 g/mol. The summed E-state index contributed by atoms with van der Waals surface area (Å²) in [6, 6.07) is 66.8. The molecule has 0 N–H and O–H groups in total. The molecule has 51 heavy (non-hydrogen) atoms. The Morgan fingerprint density at radius 3 is 1.69 bits per heavy atom. The maximum atomic E-state index is 2.36. The summed E-state index contributed by atoms with van der Waals surface area (Å²) in [5, 5.41) is 0. The molecule has 7 aromatic carbocycles. The Bertz CT molecular complexity index is 2340. The van der Waals surface area contributed by atoms with E-state index in [4.69, 9.17) is 0 Å². The number of benzene rings is 7. The van der Waals surface area contributed by atoms with Gasteiger partial charge in [0, 0.05) is 17.1 Å². The summed E-state index contributed by atoms with van der Waals surface area (Å²) in [5.41, 5.74) is 15.9. The van der Waals surface area contributed by atoms with Gasteiger partial charge < -0.3 is 4.90 Å². The summed E-state index contributed by atoms with van der Waals surface area (Å²) < 4.78 is 0. The van der Waals surface area contributed by atoms with Gasteiger partial charge in [-0.2, -0.15) is 0 Å². The van der Waals surface area contributed by atoms with Gasteiger partial charge in [-0.1, -0.05) is 171 Å². The minimum atomic E-state index is -0.396. The molecule has 0 aliphatic heterocycles. The Morgan fingerprint density at radius 2 is 1.02 bits per heavy atom. The summed E-state index contributed by atoms with van der Waals surface area (Å²) in [7, 11) is 0. The predicted molar refractivity (Wildman–Crippen MR) is 215 cm³/mol. The Hall–Kier alpha value is -6.18. The van der Waals surface area contributed by atoms with Crippen molar-refractivity contribution in [2.24, 2.45) is 5.92 Å². The van der Waals surface area contributed by atoms with Gasteiger partial charge in [-0.15, -0.1) is 0 Å². The van der Waals surface area contributed by atoms with Gasteiger partial charge in [-0.25, -0.2) is 0 Å². The molecule has 7 aromatic rings. The smallest absolute Gasteiger partial charge is 0.0713 e. The third kappa shape index (κ3) is 5.34. The molecule has 2 aliphatic carbocycles. The quantitative estimate of drug-likeness (QED) is 0.165. The summed E-state index contributed by atoms with van der Waals surface area (Å²) in [6.45, 7) is 2.28. The Labute approximate surface area is 301 Å². The number of fused-ring (bicyclic) bond motifs is 3. The van der Waals surface area contributed by atoms with Crippen molar-refractivity contribution in [3.8, 4) is 22.3 Å². The Morgan fingerprint density at radius 1 is 0.471 bits per heavy atom. The lowest BCUT2D eigenvalue weighted by Gasteiger charge is -2.34. The lowest BCUT2D eigenvalue weighted by atomic mass is 9.67. The fourth-order valence-corrected chi connectivity index (χ4v) is 8.36. The van der Waals surface area contributed by atoms with Crippen LogP contribution in [0.1, 0.15) is 41.2 Å². The van der Waals surface area contributed by atoms with Crippen LogP contribution in [0, 0.1) is 5.92 Å². The zero-order chi connectivity index (χ0) is 34.2. The normalized spacial score (nSPS) is 15.5. The van der Waals surface area contributed by atoms with Crippen molar-refractivity contribution in [2.75, 3.05) is 4.90 Å². The molecule has 1 heteroatoms. The van der Waals surface area contributed by atoms with E-state index in [1.165, 1.54) is 55.6 Å². The molecule has 0 amide bonds. The fourth-order valence-electron chi connectivity index (χ4n) is 8.36. The van der Waals surface area contributed by atoms with E-state index >= 15 is 0 Å². The van der Waals surface area contributed by atoms with Gasteiger partial charge in [0.25, 0.3) is 0 Å². The van der Waals surface area contributed by atoms with E-state index in [2.05, 4.69) is 212 Å². The van der Waals surface area contributed by atoms with E-state index < -0.39 is 5.41 Å². The molecule has 1 unspecified atom stereocenters. The molecule has 0 spiro atoms. The number of hydrogen-bond donors (Lipinski definition) is 0. The third-order valence-corrected chi connectivity index (χ3v) is 10.7. The minimum absolute atomic E-state index is 0.396. The minimum Gasteiger partial charge on any atom is -0.310 e. The molecular formula is C50H39N. The molecule has 0 bridgehead atoms. The molecule has 9 rings (SSSR count). The van der Waals surface area contributed by atoms with Crippen molar-refractivity contribution in [3.05, 3.63) is 228 Å². The highest BCUT2D eigenvalue weighted by molar-refractivity contribution is 5.87. The molecule has 0 radical (unpaired) electrons. The van der Waals surface area contributed by atoms with Crippen molar-refractivity contribution in [3.63, 3.8) is 0 Å². The first-order valence-electron chi connectivity index (χ1n) is 18.0. The second kappa shape index (κ2) is 12.9. The van der Waals surface area contributed by atoms with Gasteiger partial charge in [0.05, 0.1) is 5.41 Å². The molecule has 0 aromatic heterocycles. The first kappa shape index (κ1) is 30.8. The molecule has 0 saturated carbocycles. The number of anilines is 3. The van der Waals surface area contributed by atoms with Crippen molar-refractivity contribution >= 4 is 22.6 Å². The molecule has 1 nitrogen and oxygen atoms in total. The number of rotatable bonds is 7. The monoisotopic (exact) mass is 653 g/mol. The number of allylic oxidation sites excluding steroid dienone is 4. The highest BCUT2D eigenvalue weighted by atomic mass is 15.1. The third-order valence-electron chi connectivity index (χ3n) is 10.7. The van der Waals surface area contributed by atoms with E-state index in [0.717, 1.165) is 23.5 Å². The molecule has 0 heterocycles. The number of hydrogen-bond acceptors (Lipinski definition) is 1. The van der Waals surface area contributed by atoms with E-state index in [-0.39, 0.29) is 0 Å². The van der Waals surface area contributed by atoms with Crippen molar-refractivity contribution in [1.29, 1.82) is 0 Å². The van der Waals surface area contributed by atoms with Gasteiger partial charge in [0.15, 0.2) is 0 Å². The first-order valence-corrected chi connectivity index (χ1v) is 18.0. The highest BCUT2D eigenvalue weighted by Gasteiger charge is 2.45. The average Bonchev–Trinajstić information content (AvgIpc) is 3.50. The second-order valence-electron chi connectivity index (χ2n) is 13.8. The highest BCUT2D eigenvalue weighted by Crippen LogP contribution is 2.56. The Balaban J connectivity index is 1.11. The zero-order valence-corrected chi connectivity index (χ0v) is 28.8. The predicted octanol–water partition coefficient (Wildman–Crippen LogP) is 13.2. The van der Waals surface area contributed by atoms with Crippen LogP contribution in [0.5, 0.6) is 0 Å². The average molecular weight is 654 g/mol. The summed E-state index contributed by atoms with van der Waals surface area (Å²) in [5.74, 6) is 0.566. The molecule has 0 fully saturated rings. The zero-order valence-electron chi connectivity index (χ0n) is 28.8. The van der Waals surface area contributed by atoms with Gasteiger partial charge in [-0.3, -0.25) is 0 Å². The number of nitrogens with zero attached hydrogens (tertiary/aromatic N) is 1.